The van der Waals surface area contributed by atoms with Gasteiger partial charge in [-0.1, -0.05) is 37.6 Å². The van der Waals surface area contributed by atoms with Crippen LogP contribution in [0.25, 0.3) is 11.3 Å². The first-order valence-corrected chi connectivity index (χ1v) is 14.5. The van der Waals surface area contributed by atoms with Crippen molar-refractivity contribution in [3.8, 4) is 28.6 Å². The number of nitrogens with zero attached hydrogens (tertiary/aromatic N) is 2. The zero-order valence-corrected chi connectivity index (χ0v) is 24.6. The second-order valence-corrected chi connectivity index (χ2v) is 11.9. The normalized spacial score (nSPS) is 11.4. The number of sulfonamides is 1. The molecule has 0 aliphatic carbocycles. The first kappa shape index (κ1) is 29.7. The van der Waals surface area contributed by atoms with Crippen molar-refractivity contribution in [2.45, 2.75) is 46.6 Å². The van der Waals surface area contributed by atoms with Gasteiger partial charge in [0.05, 0.1) is 12.3 Å². The number of aryl methyl sites for hydroxylation is 4. The molecule has 0 aliphatic heterocycles. The second-order valence-electron chi connectivity index (χ2n) is 10.3. The first-order valence-electron chi connectivity index (χ1n) is 13.0. The van der Waals surface area contributed by atoms with Gasteiger partial charge < -0.3 is 9.47 Å². The second kappa shape index (κ2) is 12.1. The molecule has 1 amide bonds. The predicted octanol–water partition coefficient (Wildman–Crippen LogP) is 6.46. The van der Waals surface area contributed by atoms with Crippen molar-refractivity contribution in [3.63, 3.8) is 0 Å². The number of benzene rings is 2. The molecule has 0 radical (unpaired) electrons. The number of carbonyl (C=O) groups is 1. The van der Waals surface area contributed by atoms with Crippen molar-refractivity contribution in [2.75, 3.05) is 6.61 Å². The maximum Gasteiger partial charge on any atom is 0.281 e. The van der Waals surface area contributed by atoms with Gasteiger partial charge in [-0.15, -0.1) is 0 Å². The lowest BCUT2D eigenvalue weighted by molar-refractivity contribution is 0.0978. The first-order chi connectivity index (χ1) is 19.3. The van der Waals surface area contributed by atoms with Gasteiger partial charge in [-0.3, -0.25) is 4.79 Å². The number of pyridine rings is 2. The summed E-state index contributed by atoms with van der Waals surface area (Å²) in [6.45, 7) is 11.7. The van der Waals surface area contributed by atoms with Crippen LogP contribution in [0, 0.1) is 39.4 Å². The number of carbonyl (C=O) groups excluding carboxylic acids is 1. The lowest BCUT2D eigenvalue weighted by atomic mass is 10.1. The summed E-state index contributed by atoms with van der Waals surface area (Å²) in [4.78, 5) is 21.9. The molecule has 0 saturated heterocycles. The van der Waals surface area contributed by atoms with Crippen molar-refractivity contribution in [1.29, 1.82) is 0 Å². The summed E-state index contributed by atoms with van der Waals surface area (Å²) in [5.74, 6) is -0.569. The third kappa shape index (κ3) is 7.26. The van der Waals surface area contributed by atoms with Gasteiger partial charge >= 0.3 is 0 Å². The molecule has 0 atom stereocenters. The molecule has 2 aromatic carbocycles. The molecule has 0 bridgehead atoms. The van der Waals surface area contributed by atoms with Crippen LogP contribution < -0.4 is 14.2 Å². The van der Waals surface area contributed by atoms with E-state index in [4.69, 9.17) is 9.47 Å². The van der Waals surface area contributed by atoms with E-state index in [2.05, 4.69) is 14.7 Å². The smallest absolute Gasteiger partial charge is 0.281 e. The fourth-order valence-corrected chi connectivity index (χ4v) is 5.21. The number of hydrogen-bond acceptors (Lipinski definition) is 7. The summed E-state index contributed by atoms with van der Waals surface area (Å²) in [5.41, 5.74) is 3.67. The van der Waals surface area contributed by atoms with Crippen LogP contribution in [0.15, 0.2) is 65.7 Å². The van der Waals surface area contributed by atoms with Crippen molar-refractivity contribution >= 4 is 15.9 Å². The summed E-state index contributed by atoms with van der Waals surface area (Å²) >= 11 is 0. The van der Waals surface area contributed by atoms with Crippen molar-refractivity contribution in [2.24, 2.45) is 5.92 Å². The Morgan fingerprint density at radius 2 is 1.66 bits per heavy atom. The average Bonchev–Trinajstić information content (AvgIpc) is 2.89. The Morgan fingerprint density at radius 3 is 2.32 bits per heavy atom. The van der Waals surface area contributed by atoms with E-state index in [1.165, 1.54) is 36.4 Å². The summed E-state index contributed by atoms with van der Waals surface area (Å²) in [6, 6.07) is 15.4. The van der Waals surface area contributed by atoms with Crippen LogP contribution in [-0.4, -0.2) is 30.9 Å². The molecule has 0 unspecified atom stereocenters. The van der Waals surface area contributed by atoms with Gasteiger partial charge in [0.1, 0.15) is 22.9 Å². The van der Waals surface area contributed by atoms with Crippen LogP contribution in [0.2, 0.25) is 0 Å². The molecule has 0 spiro atoms. The van der Waals surface area contributed by atoms with Crippen molar-refractivity contribution in [1.82, 2.24) is 14.7 Å². The summed E-state index contributed by atoms with van der Waals surface area (Å²) in [6.07, 6.45) is 0. The van der Waals surface area contributed by atoms with Crippen LogP contribution in [0.4, 0.5) is 4.39 Å². The highest BCUT2D eigenvalue weighted by Gasteiger charge is 2.25. The molecular weight excluding hydrogens is 545 g/mol. The largest absolute Gasteiger partial charge is 0.493 e. The number of ether oxygens (including phenoxy) is 2. The topological polar surface area (TPSA) is 107 Å². The Balaban J connectivity index is 1.78. The molecule has 1 N–H and O–H groups in total. The highest BCUT2D eigenvalue weighted by molar-refractivity contribution is 7.90. The third-order valence-corrected chi connectivity index (χ3v) is 7.26. The van der Waals surface area contributed by atoms with E-state index in [1.807, 2.05) is 46.8 Å². The molecule has 2 heterocycles. The molecule has 41 heavy (non-hydrogen) atoms. The Kier molecular flexibility index (Phi) is 8.72. The van der Waals surface area contributed by atoms with E-state index in [0.717, 1.165) is 16.7 Å². The highest BCUT2D eigenvalue weighted by Crippen LogP contribution is 2.33. The lowest BCUT2D eigenvalue weighted by Crippen LogP contribution is -2.31. The van der Waals surface area contributed by atoms with Gasteiger partial charge in [-0.05, 0) is 81.1 Å². The van der Waals surface area contributed by atoms with Crippen molar-refractivity contribution in [3.05, 3.63) is 94.4 Å². The van der Waals surface area contributed by atoms with E-state index < -0.39 is 21.7 Å². The van der Waals surface area contributed by atoms with Gasteiger partial charge in [0.15, 0.2) is 5.03 Å². The van der Waals surface area contributed by atoms with Crippen LogP contribution in [0.3, 0.4) is 0 Å². The minimum Gasteiger partial charge on any atom is -0.493 e. The molecule has 8 nitrogen and oxygen atoms in total. The minimum atomic E-state index is -4.29. The standard InChI is InChI=1S/C31H32FN3O5S/c1-18(2)17-39-25-15-23(14-24(32)16-25)27-11-10-26(30(36)35-41(37,38)28-9-7-8-22(6)33-28)31(34-27)40-29-20(4)12-19(3)13-21(29)5/h7-16,18H,17H2,1-6H3,(H,35,36). The fraction of sp³-hybridized carbons (Fsp3) is 0.258. The van der Waals surface area contributed by atoms with E-state index in [1.54, 1.807) is 19.1 Å². The van der Waals surface area contributed by atoms with E-state index >= 15 is 0 Å². The maximum absolute atomic E-state index is 14.5. The van der Waals surface area contributed by atoms with Crippen LogP contribution >= 0.6 is 0 Å². The number of aromatic nitrogens is 2. The third-order valence-electron chi connectivity index (χ3n) is 6.02. The number of amides is 1. The number of rotatable bonds is 9. The average molecular weight is 578 g/mol. The van der Waals surface area contributed by atoms with Gasteiger partial charge in [-0.2, -0.15) is 8.42 Å². The minimum absolute atomic E-state index is 0.128. The Hall–Kier alpha value is -4.31. The zero-order valence-electron chi connectivity index (χ0n) is 23.8. The molecule has 4 rings (SSSR count). The molecule has 4 aromatic rings. The van der Waals surface area contributed by atoms with Crippen molar-refractivity contribution < 1.29 is 27.1 Å². The Bertz CT molecular complexity index is 1700. The highest BCUT2D eigenvalue weighted by atomic mass is 32.2. The molecular formula is C31H32FN3O5S. The lowest BCUT2D eigenvalue weighted by Gasteiger charge is -2.16. The van der Waals surface area contributed by atoms with Crippen LogP contribution in [0.1, 0.15) is 46.6 Å². The molecule has 0 aliphatic rings. The van der Waals surface area contributed by atoms with Gasteiger partial charge in [0.25, 0.3) is 15.9 Å². The quantitative estimate of drug-likeness (QED) is 0.243. The Labute approximate surface area is 239 Å². The molecule has 10 heteroatoms. The summed E-state index contributed by atoms with van der Waals surface area (Å²) < 4.78 is 54.4. The fourth-order valence-electron chi connectivity index (χ4n) is 4.23. The number of hydrogen-bond donors (Lipinski definition) is 1. The molecule has 0 saturated carbocycles. The van der Waals surface area contributed by atoms with Crippen LogP contribution in [-0.2, 0) is 10.0 Å². The molecule has 0 fully saturated rings. The van der Waals surface area contributed by atoms with Gasteiger partial charge in [0, 0.05) is 17.3 Å². The van der Waals surface area contributed by atoms with Crippen LogP contribution in [0.5, 0.6) is 17.4 Å². The molecule has 2 aromatic heterocycles. The monoisotopic (exact) mass is 577 g/mol. The SMILES string of the molecule is Cc1cc(C)c(Oc2nc(-c3cc(F)cc(OCC(C)C)c3)ccc2C(=O)NS(=O)(=O)c2cccc(C)n2)c(C)c1. The van der Waals surface area contributed by atoms with E-state index in [-0.39, 0.29) is 22.4 Å². The predicted molar refractivity (Wildman–Crippen MR) is 154 cm³/mol. The Morgan fingerprint density at radius 1 is 0.951 bits per heavy atom. The van der Waals surface area contributed by atoms with E-state index in [0.29, 0.717) is 35.1 Å². The number of nitrogens with one attached hydrogen (secondary N) is 1. The maximum atomic E-state index is 14.5. The van der Waals surface area contributed by atoms with Gasteiger partial charge in [-0.25, -0.2) is 19.1 Å². The van der Waals surface area contributed by atoms with Gasteiger partial charge in [0.2, 0.25) is 5.88 Å². The summed E-state index contributed by atoms with van der Waals surface area (Å²) in [7, 11) is -4.29. The van der Waals surface area contributed by atoms with E-state index in [9.17, 15) is 17.6 Å². The summed E-state index contributed by atoms with van der Waals surface area (Å²) in [5, 5.41) is -0.295. The zero-order chi connectivity index (χ0) is 29.9. The molecule has 214 valence electrons. The number of halogens is 1.